The number of carbonyl (C=O) groups excluding carboxylic acids is 1. The number of rotatable bonds is 6. The van der Waals surface area contributed by atoms with Gasteiger partial charge >= 0.3 is 0 Å². The molecular weight excluding hydrogens is 410 g/mol. The van der Waals surface area contributed by atoms with Crippen molar-refractivity contribution in [3.05, 3.63) is 76.6 Å². The molecule has 1 aliphatic carbocycles. The van der Waals surface area contributed by atoms with Crippen molar-refractivity contribution in [2.45, 2.75) is 39.7 Å². The molecule has 33 heavy (non-hydrogen) atoms. The van der Waals surface area contributed by atoms with Crippen LogP contribution in [0.3, 0.4) is 0 Å². The number of nitrogens with zero attached hydrogens (tertiary/aromatic N) is 4. The van der Waals surface area contributed by atoms with Crippen molar-refractivity contribution in [1.82, 2.24) is 19.6 Å². The van der Waals surface area contributed by atoms with Gasteiger partial charge in [-0.15, -0.1) is 0 Å². The molecule has 6 nitrogen and oxygen atoms in total. The Morgan fingerprint density at radius 1 is 0.939 bits per heavy atom. The quantitative estimate of drug-likeness (QED) is 0.631. The Balaban J connectivity index is 1.17. The largest absolute Gasteiger partial charge is 0.325 e. The van der Waals surface area contributed by atoms with E-state index in [1.165, 1.54) is 28.9 Å². The van der Waals surface area contributed by atoms with Gasteiger partial charge < -0.3 is 5.32 Å². The number of para-hydroxylation sites is 1. The van der Waals surface area contributed by atoms with Gasteiger partial charge in [0.25, 0.3) is 0 Å². The van der Waals surface area contributed by atoms with Gasteiger partial charge in [0, 0.05) is 44.1 Å². The molecule has 6 heteroatoms. The Labute approximate surface area is 196 Å². The lowest BCUT2D eigenvalue weighted by Crippen LogP contribution is -2.48. The van der Waals surface area contributed by atoms with Gasteiger partial charge in [0.05, 0.1) is 17.9 Å². The molecule has 1 aliphatic heterocycles. The maximum absolute atomic E-state index is 12.6. The molecule has 2 aliphatic rings. The standard InChI is InChI=1S/C27H33N5O/c1-20-8-6-12-24(21(20)2)28-27(33)19-31-16-14-30(15-17-31)18-25-23-11-7-13-26(23)32(29-25)22-9-4-3-5-10-22/h3-6,8-10,12H,7,11,13-19H2,1-2H3,(H,28,33). The van der Waals surface area contributed by atoms with Gasteiger partial charge in [-0.1, -0.05) is 30.3 Å². The Hall–Kier alpha value is -2.96. The van der Waals surface area contributed by atoms with Crippen molar-refractivity contribution in [3.63, 3.8) is 0 Å². The Kier molecular flexibility index (Phi) is 6.29. The Morgan fingerprint density at radius 2 is 1.70 bits per heavy atom. The summed E-state index contributed by atoms with van der Waals surface area (Å²) in [5.74, 6) is 0.0663. The topological polar surface area (TPSA) is 53.4 Å². The van der Waals surface area contributed by atoms with Crippen molar-refractivity contribution in [2.75, 3.05) is 38.0 Å². The summed E-state index contributed by atoms with van der Waals surface area (Å²) in [7, 11) is 0. The van der Waals surface area contributed by atoms with Crippen molar-refractivity contribution >= 4 is 11.6 Å². The summed E-state index contributed by atoms with van der Waals surface area (Å²) < 4.78 is 2.16. The monoisotopic (exact) mass is 443 g/mol. The molecule has 2 aromatic carbocycles. The molecule has 3 aromatic rings. The lowest BCUT2D eigenvalue weighted by atomic mass is 10.1. The minimum absolute atomic E-state index is 0.0663. The molecule has 0 unspecified atom stereocenters. The maximum Gasteiger partial charge on any atom is 0.238 e. The average molecular weight is 444 g/mol. The third-order valence-electron chi connectivity index (χ3n) is 7.10. The van der Waals surface area contributed by atoms with Gasteiger partial charge in [-0.25, -0.2) is 4.68 Å². The van der Waals surface area contributed by atoms with Crippen molar-refractivity contribution < 1.29 is 4.79 Å². The molecule has 172 valence electrons. The highest BCUT2D eigenvalue weighted by Gasteiger charge is 2.26. The second-order valence-electron chi connectivity index (χ2n) is 9.32. The molecule has 1 saturated heterocycles. The van der Waals surface area contributed by atoms with E-state index in [0.29, 0.717) is 6.54 Å². The predicted molar refractivity (Wildman–Crippen MR) is 132 cm³/mol. The van der Waals surface area contributed by atoms with E-state index < -0.39 is 0 Å². The summed E-state index contributed by atoms with van der Waals surface area (Å²) in [4.78, 5) is 17.3. The van der Waals surface area contributed by atoms with Gasteiger partial charge in [-0.3, -0.25) is 14.6 Å². The van der Waals surface area contributed by atoms with Crippen LogP contribution in [0.15, 0.2) is 48.5 Å². The van der Waals surface area contributed by atoms with Gasteiger partial charge in [-0.2, -0.15) is 5.10 Å². The van der Waals surface area contributed by atoms with Crippen LogP contribution in [0.1, 0.15) is 34.5 Å². The number of nitrogens with one attached hydrogen (secondary N) is 1. The molecule has 0 bridgehead atoms. The fourth-order valence-electron chi connectivity index (χ4n) is 5.02. The SMILES string of the molecule is Cc1cccc(NC(=O)CN2CCN(Cc3nn(-c4ccccc4)c4c3CCC4)CC2)c1C. The molecule has 1 aromatic heterocycles. The highest BCUT2D eigenvalue weighted by Crippen LogP contribution is 2.28. The number of carbonyl (C=O) groups is 1. The van der Waals surface area contributed by atoms with Crippen LogP contribution in [0.4, 0.5) is 5.69 Å². The van der Waals surface area contributed by atoms with Crippen LogP contribution in [-0.2, 0) is 24.2 Å². The number of hydrogen-bond donors (Lipinski definition) is 1. The number of anilines is 1. The third kappa shape index (κ3) is 4.72. The molecule has 5 rings (SSSR count). The van der Waals surface area contributed by atoms with Gasteiger partial charge in [0.15, 0.2) is 0 Å². The fraction of sp³-hybridized carbons (Fsp3) is 0.407. The molecule has 1 fully saturated rings. The van der Waals surface area contributed by atoms with Crippen LogP contribution < -0.4 is 5.32 Å². The van der Waals surface area contributed by atoms with Crippen LogP contribution in [0.2, 0.25) is 0 Å². The highest BCUT2D eigenvalue weighted by molar-refractivity contribution is 5.93. The first-order chi connectivity index (χ1) is 16.1. The number of hydrogen-bond acceptors (Lipinski definition) is 4. The minimum atomic E-state index is 0.0663. The van der Waals surface area contributed by atoms with Crippen LogP contribution in [-0.4, -0.2) is 58.2 Å². The third-order valence-corrected chi connectivity index (χ3v) is 7.10. The molecular formula is C27H33N5O. The number of aromatic nitrogens is 2. The molecule has 2 heterocycles. The van der Waals surface area contributed by atoms with Crippen molar-refractivity contribution in [3.8, 4) is 5.69 Å². The highest BCUT2D eigenvalue weighted by atomic mass is 16.2. The van der Waals surface area contributed by atoms with Crippen molar-refractivity contribution in [2.24, 2.45) is 0 Å². The molecule has 1 N–H and O–H groups in total. The minimum Gasteiger partial charge on any atom is -0.325 e. The molecule has 0 radical (unpaired) electrons. The van der Waals surface area contributed by atoms with Crippen LogP contribution in [0.25, 0.3) is 5.69 Å². The smallest absolute Gasteiger partial charge is 0.238 e. The van der Waals surface area contributed by atoms with Crippen LogP contribution >= 0.6 is 0 Å². The van der Waals surface area contributed by atoms with E-state index in [1.807, 2.05) is 12.1 Å². The average Bonchev–Trinajstić information content (AvgIpc) is 3.43. The summed E-state index contributed by atoms with van der Waals surface area (Å²) in [6.45, 7) is 9.20. The lowest BCUT2D eigenvalue weighted by Gasteiger charge is -2.34. The molecule has 1 amide bonds. The number of piperazine rings is 1. The van der Waals surface area contributed by atoms with Gasteiger partial charge in [0.2, 0.25) is 5.91 Å². The summed E-state index contributed by atoms with van der Waals surface area (Å²) in [5, 5.41) is 8.11. The zero-order chi connectivity index (χ0) is 22.8. The number of amides is 1. The molecule has 0 spiro atoms. The lowest BCUT2D eigenvalue weighted by molar-refractivity contribution is -0.117. The maximum atomic E-state index is 12.6. The zero-order valence-corrected chi connectivity index (χ0v) is 19.7. The summed E-state index contributed by atoms with van der Waals surface area (Å²) in [6.07, 6.45) is 3.47. The van der Waals surface area contributed by atoms with E-state index in [0.717, 1.165) is 62.5 Å². The summed E-state index contributed by atoms with van der Waals surface area (Å²) >= 11 is 0. The molecule has 0 atom stereocenters. The first kappa shape index (κ1) is 21.9. The van der Waals surface area contributed by atoms with Crippen molar-refractivity contribution in [1.29, 1.82) is 0 Å². The van der Waals surface area contributed by atoms with E-state index in [2.05, 4.69) is 70.0 Å². The van der Waals surface area contributed by atoms with E-state index >= 15 is 0 Å². The van der Waals surface area contributed by atoms with E-state index in [9.17, 15) is 4.79 Å². The predicted octanol–water partition coefficient (Wildman–Crippen LogP) is 3.73. The van der Waals surface area contributed by atoms with E-state index in [1.54, 1.807) is 0 Å². The number of aryl methyl sites for hydroxylation is 1. The second kappa shape index (κ2) is 9.49. The van der Waals surface area contributed by atoms with Gasteiger partial charge in [-0.05, 0) is 68.0 Å². The summed E-state index contributed by atoms with van der Waals surface area (Å²) in [5.41, 5.74) is 8.48. The zero-order valence-electron chi connectivity index (χ0n) is 19.7. The van der Waals surface area contributed by atoms with Gasteiger partial charge in [0.1, 0.15) is 0 Å². The summed E-state index contributed by atoms with van der Waals surface area (Å²) in [6, 6.07) is 16.5. The van der Waals surface area contributed by atoms with Crippen LogP contribution in [0.5, 0.6) is 0 Å². The normalized spacial score (nSPS) is 16.7. The van der Waals surface area contributed by atoms with Crippen LogP contribution in [0, 0.1) is 13.8 Å². The Morgan fingerprint density at radius 3 is 2.48 bits per heavy atom. The number of benzene rings is 2. The Bertz CT molecular complexity index is 1130. The van der Waals surface area contributed by atoms with E-state index in [-0.39, 0.29) is 5.91 Å². The molecule has 0 saturated carbocycles. The first-order valence-corrected chi connectivity index (χ1v) is 12.0. The fourth-order valence-corrected chi connectivity index (χ4v) is 5.02. The first-order valence-electron chi connectivity index (χ1n) is 12.0. The number of fused-ring (bicyclic) bond motifs is 1. The van der Waals surface area contributed by atoms with E-state index in [4.69, 9.17) is 5.10 Å². The second-order valence-corrected chi connectivity index (χ2v) is 9.32.